The van der Waals surface area contributed by atoms with Gasteiger partial charge in [0.25, 0.3) is 0 Å². The standard InChI is InChI=1S/C9H16O3S/c1-5-6-7-8(10)9(2,3)13(4,11)12/h1,8,10H,6-7H2,2-4H3. The Kier molecular flexibility index (Phi) is 3.95. The smallest absolute Gasteiger partial charge is 0.155 e. The molecule has 0 rings (SSSR count). The van der Waals surface area contributed by atoms with Crippen LogP contribution in [0.4, 0.5) is 0 Å². The van der Waals surface area contributed by atoms with E-state index in [1.54, 1.807) is 0 Å². The van der Waals surface area contributed by atoms with Crippen molar-refractivity contribution in [1.29, 1.82) is 0 Å². The fourth-order valence-corrected chi connectivity index (χ4v) is 1.43. The minimum absolute atomic E-state index is 0.316. The van der Waals surface area contributed by atoms with E-state index in [9.17, 15) is 13.5 Å². The highest BCUT2D eigenvalue weighted by atomic mass is 32.2. The lowest BCUT2D eigenvalue weighted by atomic mass is 10.0. The summed E-state index contributed by atoms with van der Waals surface area (Å²) in [4.78, 5) is 0. The van der Waals surface area contributed by atoms with Gasteiger partial charge in [-0.15, -0.1) is 12.3 Å². The Balaban J connectivity index is 4.57. The molecule has 1 unspecified atom stereocenters. The largest absolute Gasteiger partial charge is 0.391 e. The van der Waals surface area contributed by atoms with Crippen LogP contribution in [0.5, 0.6) is 0 Å². The maximum atomic E-state index is 11.2. The van der Waals surface area contributed by atoms with E-state index in [2.05, 4.69) is 5.92 Å². The molecule has 0 spiro atoms. The van der Waals surface area contributed by atoms with E-state index in [4.69, 9.17) is 6.42 Å². The van der Waals surface area contributed by atoms with Gasteiger partial charge in [-0.3, -0.25) is 0 Å². The SMILES string of the molecule is C#CCCC(O)C(C)(C)S(C)(=O)=O. The quantitative estimate of drug-likeness (QED) is 0.682. The van der Waals surface area contributed by atoms with Crippen LogP contribution >= 0.6 is 0 Å². The Morgan fingerprint density at radius 3 is 2.31 bits per heavy atom. The average Bonchev–Trinajstić information content (AvgIpc) is 1.97. The summed E-state index contributed by atoms with van der Waals surface area (Å²) in [5.74, 6) is 2.37. The Labute approximate surface area is 80.1 Å². The van der Waals surface area contributed by atoms with Crippen molar-refractivity contribution in [3.63, 3.8) is 0 Å². The molecule has 0 bridgehead atoms. The van der Waals surface area contributed by atoms with Gasteiger partial charge in [-0.05, 0) is 20.3 Å². The van der Waals surface area contributed by atoms with Crippen molar-refractivity contribution >= 4 is 9.84 Å². The van der Waals surface area contributed by atoms with Crippen molar-refractivity contribution in [3.8, 4) is 12.3 Å². The third-order valence-electron chi connectivity index (χ3n) is 2.32. The molecule has 0 aliphatic heterocycles. The number of terminal acetylenes is 1. The monoisotopic (exact) mass is 204 g/mol. The van der Waals surface area contributed by atoms with Crippen LogP contribution in [0.3, 0.4) is 0 Å². The first-order chi connectivity index (χ1) is 5.73. The maximum Gasteiger partial charge on any atom is 0.155 e. The van der Waals surface area contributed by atoms with Gasteiger partial charge >= 0.3 is 0 Å². The lowest BCUT2D eigenvalue weighted by Crippen LogP contribution is -2.43. The lowest BCUT2D eigenvalue weighted by molar-refractivity contribution is 0.130. The van der Waals surface area contributed by atoms with Gasteiger partial charge in [-0.2, -0.15) is 0 Å². The van der Waals surface area contributed by atoms with E-state index in [1.807, 2.05) is 0 Å². The van der Waals surface area contributed by atoms with Crippen molar-refractivity contribution < 1.29 is 13.5 Å². The maximum absolute atomic E-state index is 11.2. The molecule has 0 aromatic carbocycles. The van der Waals surface area contributed by atoms with Gasteiger partial charge < -0.3 is 5.11 Å². The molecule has 3 nitrogen and oxygen atoms in total. The van der Waals surface area contributed by atoms with Gasteiger partial charge in [0.05, 0.1) is 10.9 Å². The molecule has 1 atom stereocenters. The second-order valence-corrected chi connectivity index (χ2v) is 6.23. The zero-order valence-electron chi connectivity index (χ0n) is 8.24. The number of hydrogen-bond acceptors (Lipinski definition) is 3. The summed E-state index contributed by atoms with van der Waals surface area (Å²) >= 11 is 0. The summed E-state index contributed by atoms with van der Waals surface area (Å²) in [7, 11) is -3.25. The summed E-state index contributed by atoms with van der Waals surface area (Å²) in [6, 6.07) is 0. The highest BCUT2D eigenvalue weighted by molar-refractivity contribution is 7.92. The molecule has 0 fully saturated rings. The molecule has 0 amide bonds. The van der Waals surface area contributed by atoms with Gasteiger partial charge in [0.15, 0.2) is 9.84 Å². The molecule has 0 aromatic heterocycles. The van der Waals surface area contributed by atoms with Crippen LogP contribution in [-0.4, -0.2) is 30.6 Å². The van der Waals surface area contributed by atoms with Gasteiger partial charge in [0, 0.05) is 12.7 Å². The molecule has 0 aliphatic carbocycles. The molecule has 1 N–H and O–H groups in total. The Hall–Kier alpha value is -0.530. The Morgan fingerprint density at radius 1 is 1.54 bits per heavy atom. The highest BCUT2D eigenvalue weighted by Gasteiger charge is 2.37. The van der Waals surface area contributed by atoms with Crippen molar-refractivity contribution in [2.45, 2.75) is 37.5 Å². The molecule has 13 heavy (non-hydrogen) atoms. The number of aliphatic hydroxyl groups excluding tert-OH is 1. The van der Waals surface area contributed by atoms with Crippen molar-refractivity contribution in [1.82, 2.24) is 0 Å². The second-order valence-electron chi connectivity index (χ2n) is 3.63. The van der Waals surface area contributed by atoms with E-state index in [-0.39, 0.29) is 0 Å². The van der Waals surface area contributed by atoms with E-state index in [0.717, 1.165) is 6.26 Å². The minimum atomic E-state index is -3.25. The van der Waals surface area contributed by atoms with Crippen molar-refractivity contribution in [3.05, 3.63) is 0 Å². The van der Waals surface area contributed by atoms with Crippen molar-refractivity contribution in [2.75, 3.05) is 6.26 Å². The third-order valence-corrected chi connectivity index (χ3v) is 4.50. The second kappa shape index (κ2) is 4.12. The first-order valence-corrected chi connectivity index (χ1v) is 5.93. The van der Waals surface area contributed by atoms with Gasteiger partial charge in [0.2, 0.25) is 0 Å². The van der Waals surface area contributed by atoms with E-state index in [0.29, 0.717) is 12.8 Å². The van der Waals surface area contributed by atoms with E-state index < -0.39 is 20.7 Å². The number of aliphatic hydroxyl groups is 1. The first-order valence-electron chi connectivity index (χ1n) is 4.04. The summed E-state index contributed by atoms with van der Waals surface area (Å²) < 4.78 is 21.4. The first kappa shape index (κ1) is 12.5. The molecular formula is C9H16O3S. The third kappa shape index (κ3) is 3.02. The lowest BCUT2D eigenvalue weighted by Gasteiger charge is -2.28. The molecule has 0 radical (unpaired) electrons. The van der Waals surface area contributed by atoms with E-state index in [1.165, 1.54) is 13.8 Å². The van der Waals surface area contributed by atoms with Crippen LogP contribution in [0, 0.1) is 12.3 Å². The number of sulfone groups is 1. The molecule has 76 valence electrons. The average molecular weight is 204 g/mol. The van der Waals surface area contributed by atoms with Crippen LogP contribution in [0.15, 0.2) is 0 Å². The van der Waals surface area contributed by atoms with Gasteiger partial charge in [0.1, 0.15) is 0 Å². The highest BCUT2D eigenvalue weighted by Crippen LogP contribution is 2.22. The molecule has 0 aromatic rings. The van der Waals surface area contributed by atoms with Gasteiger partial charge in [-0.1, -0.05) is 0 Å². The summed E-state index contributed by atoms with van der Waals surface area (Å²) in [6.45, 7) is 3.01. The Morgan fingerprint density at radius 2 is 2.00 bits per heavy atom. The molecule has 4 heteroatoms. The van der Waals surface area contributed by atoms with Crippen LogP contribution in [0.2, 0.25) is 0 Å². The van der Waals surface area contributed by atoms with E-state index >= 15 is 0 Å². The molecule has 0 saturated carbocycles. The normalized spacial score (nSPS) is 15.0. The minimum Gasteiger partial charge on any atom is -0.391 e. The van der Waals surface area contributed by atoms with Crippen molar-refractivity contribution in [2.24, 2.45) is 0 Å². The fraction of sp³-hybridized carbons (Fsp3) is 0.778. The van der Waals surface area contributed by atoms with Crippen LogP contribution in [0.25, 0.3) is 0 Å². The summed E-state index contributed by atoms with van der Waals surface area (Å²) in [5.41, 5.74) is 0. The van der Waals surface area contributed by atoms with Crippen LogP contribution < -0.4 is 0 Å². The molecular weight excluding hydrogens is 188 g/mol. The molecule has 0 aliphatic rings. The van der Waals surface area contributed by atoms with Crippen LogP contribution in [-0.2, 0) is 9.84 Å². The van der Waals surface area contributed by atoms with Crippen LogP contribution in [0.1, 0.15) is 26.7 Å². The predicted molar refractivity (Wildman–Crippen MR) is 53.0 cm³/mol. The number of rotatable bonds is 4. The number of hydrogen-bond donors (Lipinski definition) is 1. The van der Waals surface area contributed by atoms with Gasteiger partial charge in [-0.25, -0.2) is 8.42 Å². The molecule has 0 saturated heterocycles. The zero-order valence-corrected chi connectivity index (χ0v) is 9.06. The topological polar surface area (TPSA) is 54.4 Å². The summed E-state index contributed by atoms with van der Waals surface area (Å²) in [6.07, 6.45) is 5.94. The Bertz CT molecular complexity index is 295. The predicted octanol–water partition coefficient (Wildman–Crippen LogP) is 0.584. The fourth-order valence-electron chi connectivity index (χ4n) is 0.815. The summed E-state index contributed by atoms with van der Waals surface area (Å²) in [5, 5.41) is 9.57. The zero-order chi connectivity index (χ0) is 10.7. The molecule has 0 heterocycles.